The van der Waals surface area contributed by atoms with E-state index in [1.807, 2.05) is 24.3 Å². The minimum atomic E-state index is 0.0118. The minimum absolute atomic E-state index is 0.0118. The van der Waals surface area contributed by atoms with E-state index in [-0.39, 0.29) is 5.91 Å². The zero-order chi connectivity index (χ0) is 16.5. The maximum atomic E-state index is 11.9. The summed E-state index contributed by atoms with van der Waals surface area (Å²) in [6.45, 7) is 6.61. The van der Waals surface area contributed by atoms with Gasteiger partial charge >= 0.3 is 0 Å². The summed E-state index contributed by atoms with van der Waals surface area (Å²) < 4.78 is 0. The Hall–Kier alpha value is -2.13. The van der Waals surface area contributed by atoms with Crippen LogP contribution in [0.5, 0.6) is 0 Å². The van der Waals surface area contributed by atoms with E-state index in [1.165, 1.54) is 16.7 Å². The first-order chi connectivity index (χ1) is 11.2. The van der Waals surface area contributed by atoms with Crippen molar-refractivity contribution in [2.75, 3.05) is 6.54 Å². The summed E-state index contributed by atoms with van der Waals surface area (Å²) in [6, 6.07) is 16.3. The number of carbonyl (C=O) groups excluding carboxylic acids is 1. The van der Waals surface area contributed by atoms with E-state index in [0.29, 0.717) is 0 Å². The summed E-state index contributed by atoms with van der Waals surface area (Å²) in [5.41, 5.74) is 4.48. The Balaban J connectivity index is 1.79. The largest absolute Gasteiger partial charge is 0.352 e. The van der Waals surface area contributed by atoms with Gasteiger partial charge in [-0.3, -0.25) is 4.79 Å². The van der Waals surface area contributed by atoms with Gasteiger partial charge in [0.2, 0.25) is 0 Å². The molecule has 0 saturated heterocycles. The van der Waals surface area contributed by atoms with Crippen LogP contribution in [0.15, 0.2) is 48.5 Å². The van der Waals surface area contributed by atoms with E-state index < -0.39 is 0 Å². The summed E-state index contributed by atoms with van der Waals surface area (Å²) in [4.78, 5) is 11.9. The van der Waals surface area contributed by atoms with Crippen molar-refractivity contribution in [3.63, 3.8) is 0 Å². The number of aryl methyl sites for hydroxylation is 1. The van der Waals surface area contributed by atoms with E-state index in [9.17, 15) is 4.79 Å². The Morgan fingerprint density at radius 2 is 1.74 bits per heavy atom. The third kappa shape index (κ3) is 5.87. The Labute approximate surface area is 139 Å². The fraction of sp³-hybridized carbons (Fsp3) is 0.350. The van der Waals surface area contributed by atoms with Crippen molar-refractivity contribution in [1.82, 2.24) is 10.6 Å². The van der Waals surface area contributed by atoms with Crippen LogP contribution in [0.2, 0.25) is 0 Å². The lowest BCUT2D eigenvalue weighted by Gasteiger charge is -2.08. The molecule has 0 aliphatic rings. The summed E-state index contributed by atoms with van der Waals surface area (Å²) in [5, 5.41) is 6.37. The van der Waals surface area contributed by atoms with Crippen LogP contribution in [-0.2, 0) is 13.1 Å². The van der Waals surface area contributed by atoms with Crippen LogP contribution >= 0.6 is 0 Å². The van der Waals surface area contributed by atoms with Gasteiger partial charge in [-0.15, -0.1) is 0 Å². The molecular weight excluding hydrogens is 284 g/mol. The number of carbonyl (C=O) groups is 1. The molecule has 3 heteroatoms. The third-order valence-electron chi connectivity index (χ3n) is 3.77. The van der Waals surface area contributed by atoms with Crippen LogP contribution < -0.4 is 10.6 Å². The predicted molar refractivity (Wildman–Crippen MR) is 95.4 cm³/mol. The van der Waals surface area contributed by atoms with Gasteiger partial charge in [0.1, 0.15) is 0 Å². The zero-order valence-electron chi connectivity index (χ0n) is 14.1. The molecule has 3 nitrogen and oxygen atoms in total. The molecule has 0 heterocycles. The summed E-state index contributed by atoms with van der Waals surface area (Å²) in [6.07, 6.45) is 2.11. The lowest BCUT2D eigenvalue weighted by Crippen LogP contribution is -2.24. The van der Waals surface area contributed by atoms with E-state index in [4.69, 9.17) is 0 Å². The average molecular weight is 310 g/mol. The standard InChI is InChI=1S/C20H26N2O/c1-3-4-12-22-20(23)19-10-8-17(9-11-19)14-21-15-18-7-5-6-16(2)13-18/h5-11,13,21H,3-4,12,14-15H2,1-2H3,(H,22,23). The highest BCUT2D eigenvalue weighted by Crippen LogP contribution is 2.06. The molecular formula is C20H26N2O. The second-order valence-electron chi connectivity index (χ2n) is 5.90. The molecule has 0 saturated carbocycles. The van der Waals surface area contributed by atoms with Crippen molar-refractivity contribution in [1.29, 1.82) is 0 Å². The molecule has 0 aliphatic carbocycles. The molecule has 2 rings (SSSR count). The molecule has 122 valence electrons. The first-order valence-corrected chi connectivity index (χ1v) is 8.32. The average Bonchev–Trinajstić information content (AvgIpc) is 2.56. The molecule has 2 aromatic rings. The highest BCUT2D eigenvalue weighted by molar-refractivity contribution is 5.94. The fourth-order valence-electron chi connectivity index (χ4n) is 2.43. The lowest BCUT2D eigenvalue weighted by atomic mass is 10.1. The summed E-state index contributed by atoms with van der Waals surface area (Å²) >= 11 is 0. The van der Waals surface area contributed by atoms with E-state index in [1.54, 1.807) is 0 Å². The highest BCUT2D eigenvalue weighted by Gasteiger charge is 2.04. The Morgan fingerprint density at radius 3 is 2.43 bits per heavy atom. The number of amides is 1. The Morgan fingerprint density at radius 1 is 1.00 bits per heavy atom. The monoisotopic (exact) mass is 310 g/mol. The number of hydrogen-bond acceptors (Lipinski definition) is 2. The van der Waals surface area contributed by atoms with Crippen molar-refractivity contribution in [3.8, 4) is 0 Å². The van der Waals surface area contributed by atoms with Crippen LogP contribution in [0.25, 0.3) is 0 Å². The first-order valence-electron chi connectivity index (χ1n) is 8.32. The fourth-order valence-corrected chi connectivity index (χ4v) is 2.43. The number of unbranched alkanes of at least 4 members (excludes halogenated alkanes) is 1. The quantitative estimate of drug-likeness (QED) is 0.728. The zero-order valence-corrected chi connectivity index (χ0v) is 14.1. The van der Waals surface area contributed by atoms with Gasteiger partial charge in [0, 0.05) is 25.2 Å². The summed E-state index contributed by atoms with van der Waals surface area (Å²) in [5.74, 6) is 0.0118. The smallest absolute Gasteiger partial charge is 0.251 e. The van der Waals surface area contributed by atoms with Gasteiger partial charge in [-0.05, 0) is 36.6 Å². The minimum Gasteiger partial charge on any atom is -0.352 e. The molecule has 0 radical (unpaired) electrons. The van der Waals surface area contributed by atoms with Crippen molar-refractivity contribution in [3.05, 3.63) is 70.8 Å². The van der Waals surface area contributed by atoms with E-state index in [2.05, 4.69) is 48.7 Å². The van der Waals surface area contributed by atoms with Crippen LogP contribution in [0.3, 0.4) is 0 Å². The van der Waals surface area contributed by atoms with Crippen molar-refractivity contribution in [2.45, 2.75) is 39.8 Å². The lowest BCUT2D eigenvalue weighted by molar-refractivity contribution is 0.0953. The Bertz CT molecular complexity index is 620. The van der Waals surface area contributed by atoms with Crippen molar-refractivity contribution < 1.29 is 4.79 Å². The maximum absolute atomic E-state index is 11.9. The van der Waals surface area contributed by atoms with Gasteiger partial charge in [-0.2, -0.15) is 0 Å². The number of nitrogens with one attached hydrogen (secondary N) is 2. The molecule has 0 aromatic heterocycles. The molecule has 2 N–H and O–H groups in total. The van der Waals surface area contributed by atoms with Gasteiger partial charge in [-0.1, -0.05) is 55.3 Å². The molecule has 0 unspecified atom stereocenters. The highest BCUT2D eigenvalue weighted by atomic mass is 16.1. The van der Waals surface area contributed by atoms with Crippen molar-refractivity contribution in [2.24, 2.45) is 0 Å². The second kappa shape index (κ2) is 9.11. The molecule has 0 fully saturated rings. The maximum Gasteiger partial charge on any atom is 0.251 e. The van der Waals surface area contributed by atoms with Gasteiger partial charge in [0.05, 0.1) is 0 Å². The summed E-state index contributed by atoms with van der Waals surface area (Å²) in [7, 11) is 0. The molecule has 23 heavy (non-hydrogen) atoms. The van der Waals surface area contributed by atoms with Crippen molar-refractivity contribution >= 4 is 5.91 Å². The van der Waals surface area contributed by atoms with Gasteiger partial charge in [0.15, 0.2) is 0 Å². The molecule has 0 spiro atoms. The van der Waals surface area contributed by atoms with E-state index >= 15 is 0 Å². The van der Waals surface area contributed by atoms with Crippen LogP contribution in [0.1, 0.15) is 46.8 Å². The van der Waals surface area contributed by atoms with Gasteiger partial charge < -0.3 is 10.6 Å². The molecule has 0 bridgehead atoms. The van der Waals surface area contributed by atoms with Gasteiger partial charge in [0.25, 0.3) is 5.91 Å². The SMILES string of the molecule is CCCCNC(=O)c1ccc(CNCc2cccc(C)c2)cc1. The van der Waals surface area contributed by atoms with Crippen LogP contribution in [0, 0.1) is 6.92 Å². The number of benzene rings is 2. The molecule has 1 amide bonds. The van der Waals surface area contributed by atoms with Gasteiger partial charge in [-0.25, -0.2) is 0 Å². The first kappa shape index (κ1) is 17.2. The third-order valence-corrected chi connectivity index (χ3v) is 3.77. The molecule has 0 atom stereocenters. The molecule has 2 aromatic carbocycles. The number of hydrogen-bond donors (Lipinski definition) is 2. The second-order valence-corrected chi connectivity index (χ2v) is 5.90. The number of rotatable bonds is 8. The van der Waals surface area contributed by atoms with Crippen LogP contribution in [-0.4, -0.2) is 12.5 Å². The molecule has 0 aliphatic heterocycles. The topological polar surface area (TPSA) is 41.1 Å². The van der Waals surface area contributed by atoms with Crippen LogP contribution in [0.4, 0.5) is 0 Å². The Kier molecular flexibility index (Phi) is 6.82. The normalized spacial score (nSPS) is 10.5. The van der Waals surface area contributed by atoms with E-state index in [0.717, 1.165) is 38.0 Å². The predicted octanol–water partition coefficient (Wildman–Crippen LogP) is 3.81.